The predicted octanol–water partition coefficient (Wildman–Crippen LogP) is 3.02. The molecule has 0 bridgehead atoms. The van der Waals surface area contributed by atoms with Gasteiger partial charge in [0.2, 0.25) is 0 Å². The molecule has 7 nitrogen and oxygen atoms in total. The summed E-state index contributed by atoms with van der Waals surface area (Å²) in [5.41, 5.74) is 0.412. The number of carbonyl (C=O) groups excluding carboxylic acids is 1. The molecule has 0 radical (unpaired) electrons. The van der Waals surface area contributed by atoms with Gasteiger partial charge in [-0.25, -0.2) is 13.2 Å². The average Bonchev–Trinajstić information content (AvgIpc) is 2.64. The van der Waals surface area contributed by atoms with Crippen LogP contribution in [0.1, 0.15) is 12.0 Å². The van der Waals surface area contributed by atoms with Crippen molar-refractivity contribution in [2.45, 2.75) is 11.3 Å². The molecule has 136 valence electrons. The minimum atomic E-state index is -3.40. The van der Waals surface area contributed by atoms with Crippen LogP contribution in [0.2, 0.25) is 0 Å². The molecular weight excluding hydrogens is 358 g/mol. The van der Waals surface area contributed by atoms with Crippen molar-refractivity contribution in [3.63, 3.8) is 0 Å². The second kappa shape index (κ2) is 8.91. The first-order chi connectivity index (χ1) is 12.4. The van der Waals surface area contributed by atoms with E-state index >= 15 is 0 Å². The number of ether oxygens (including phenoxy) is 1. The Labute approximate surface area is 151 Å². The number of nitro benzene ring substituents is 1. The number of esters is 1. The molecule has 2 rings (SSSR count). The molecule has 0 unspecified atom stereocenters. The van der Waals surface area contributed by atoms with Crippen LogP contribution in [-0.2, 0) is 19.4 Å². The molecule has 0 aromatic heterocycles. The van der Waals surface area contributed by atoms with Crippen LogP contribution in [0.15, 0.2) is 65.6 Å². The molecule has 0 saturated carbocycles. The van der Waals surface area contributed by atoms with Gasteiger partial charge in [-0.15, -0.1) is 0 Å². The number of nitro groups is 1. The first-order valence-corrected chi connectivity index (χ1v) is 9.41. The van der Waals surface area contributed by atoms with Crippen molar-refractivity contribution in [1.29, 1.82) is 0 Å². The van der Waals surface area contributed by atoms with Crippen molar-refractivity contribution in [2.75, 3.05) is 12.4 Å². The van der Waals surface area contributed by atoms with Gasteiger partial charge in [-0.1, -0.05) is 30.3 Å². The standard InChI is InChI=1S/C18H17NO6S/c20-18(11-10-15-6-4-7-16(14-15)19(21)22)25-12-5-13-26(23,24)17-8-2-1-3-9-17/h1-4,6-11,14H,5,12-13H2. The van der Waals surface area contributed by atoms with Gasteiger partial charge in [0.25, 0.3) is 5.69 Å². The first-order valence-electron chi connectivity index (χ1n) is 7.75. The fraction of sp³-hybridized carbons (Fsp3) is 0.167. The van der Waals surface area contributed by atoms with Crippen LogP contribution in [0.4, 0.5) is 5.69 Å². The Balaban J connectivity index is 1.80. The molecule has 0 saturated heterocycles. The quantitative estimate of drug-likeness (QED) is 0.231. The molecule has 0 amide bonds. The number of hydrogen-bond acceptors (Lipinski definition) is 6. The minimum absolute atomic E-state index is 0.0375. The Hall–Kier alpha value is -3.00. The summed E-state index contributed by atoms with van der Waals surface area (Å²) in [6.07, 6.45) is 2.72. The summed E-state index contributed by atoms with van der Waals surface area (Å²) >= 11 is 0. The van der Waals surface area contributed by atoms with Gasteiger partial charge in [0.05, 0.1) is 22.2 Å². The third-order valence-corrected chi connectivity index (χ3v) is 5.21. The van der Waals surface area contributed by atoms with E-state index in [-0.39, 0.29) is 29.4 Å². The highest BCUT2D eigenvalue weighted by atomic mass is 32.2. The third kappa shape index (κ3) is 5.82. The van der Waals surface area contributed by atoms with Crippen molar-refractivity contribution in [3.8, 4) is 0 Å². The van der Waals surface area contributed by atoms with Crippen molar-refractivity contribution >= 4 is 27.6 Å². The molecule has 0 aliphatic carbocycles. The van der Waals surface area contributed by atoms with Gasteiger partial charge in [0.15, 0.2) is 9.84 Å². The van der Waals surface area contributed by atoms with E-state index in [0.29, 0.717) is 5.56 Å². The smallest absolute Gasteiger partial charge is 0.330 e. The lowest BCUT2D eigenvalue weighted by Gasteiger charge is -2.04. The Morgan fingerprint density at radius 1 is 1.12 bits per heavy atom. The van der Waals surface area contributed by atoms with E-state index in [1.165, 1.54) is 36.4 Å². The maximum absolute atomic E-state index is 12.1. The molecule has 26 heavy (non-hydrogen) atoms. The van der Waals surface area contributed by atoms with E-state index in [0.717, 1.165) is 6.08 Å². The van der Waals surface area contributed by atoms with Crippen molar-refractivity contribution < 1.29 is 22.9 Å². The summed E-state index contributed by atoms with van der Waals surface area (Å²) in [5.74, 6) is -0.771. The van der Waals surface area contributed by atoms with Gasteiger partial charge in [0.1, 0.15) is 0 Å². The fourth-order valence-corrected chi connectivity index (χ4v) is 3.43. The number of sulfone groups is 1. The van der Waals surface area contributed by atoms with Crippen LogP contribution < -0.4 is 0 Å². The number of benzene rings is 2. The topological polar surface area (TPSA) is 104 Å². The minimum Gasteiger partial charge on any atom is -0.462 e. The molecular formula is C18H17NO6S. The zero-order valence-corrected chi connectivity index (χ0v) is 14.6. The third-order valence-electron chi connectivity index (χ3n) is 3.40. The lowest BCUT2D eigenvalue weighted by atomic mass is 10.2. The summed E-state index contributed by atoms with van der Waals surface area (Å²) in [6, 6.07) is 13.9. The lowest BCUT2D eigenvalue weighted by molar-refractivity contribution is -0.384. The first kappa shape index (κ1) is 19.3. The predicted molar refractivity (Wildman–Crippen MR) is 96.2 cm³/mol. The van der Waals surface area contributed by atoms with Gasteiger partial charge in [0, 0.05) is 18.2 Å². The molecule has 0 heterocycles. The van der Waals surface area contributed by atoms with Crippen LogP contribution >= 0.6 is 0 Å². The van der Waals surface area contributed by atoms with Crippen molar-refractivity contribution in [3.05, 3.63) is 76.4 Å². The molecule has 0 spiro atoms. The second-order valence-electron chi connectivity index (χ2n) is 5.34. The van der Waals surface area contributed by atoms with Gasteiger partial charge in [-0.2, -0.15) is 0 Å². The van der Waals surface area contributed by atoms with Gasteiger partial charge in [-0.3, -0.25) is 10.1 Å². The van der Waals surface area contributed by atoms with E-state index in [1.807, 2.05) is 0 Å². The van der Waals surface area contributed by atoms with Gasteiger partial charge < -0.3 is 4.74 Å². The van der Waals surface area contributed by atoms with Crippen LogP contribution in [0.5, 0.6) is 0 Å². The molecule has 0 N–H and O–H groups in total. The monoisotopic (exact) mass is 375 g/mol. The Morgan fingerprint density at radius 2 is 1.85 bits per heavy atom. The lowest BCUT2D eigenvalue weighted by Crippen LogP contribution is -2.11. The highest BCUT2D eigenvalue weighted by molar-refractivity contribution is 7.91. The fourth-order valence-electron chi connectivity index (χ4n) is 2.12. The molecule has 0 fully saturated rings. The zero-order valence-electron chi connectivity index (χ0n) is 13.8. The van der Waals surface area contributed by atoms with Crippen molar-refractivity contribution in [1.82, 2.24) is 0 Å². The van der Waals surface area contributed by atoms with Crippen LogP contribution in [0.25, 0.3) is 6.08 Å². The Kier molecular flexibility index (Phi) is 6.62. The summed E-state index contributed by atoms with van der Waals surface area (Å²) < 4.78 is 29.1. The normalized spacial score (nSPS) is 11.4. The molecule has 0 atom stereocenters. The maximum atomic E-state index is 12.1. The summed E-state index contributed by atoms with van der Waals surface area (Å²) in [7, 11) is -3.40. The molecule has 0 aliphatic heterocycles. The number of hydrogen-bond donors (Lipinski definition) is 0. The highest BCUT2D eigenvalue weighted by Crippen LogP contribution is 2.14. The molecule has 0 aliphatic rings. The number of nitrogens with zero attached hydrogens (tertiary/aromatic N) is 1. The number of carbonyl (C=O) groups is 1. The summed E-state index contributed by atoms with van der Waals surface area (Å²) in [5, 5.41) is 10.7. The largest absolute Gasteiger partial charge is 0.462 e. The number of rotatable bonds is 8. The highest BCUT2D eigenvalue weighted by Gasteiger charge is 2.13. The van der Waals surface area contributed by atoms with Crippen LogP contribution in [0, 0.1) is 10.1 Å². The Morgan fingerprint density at radius 3 is 2.54 bits per heavy atom. The maximum Gasteiger partial charge on any atom is 0.330 e. The van der Waals surface area contributed by atoms with Crippen LogP contribution in [0.3, 0.4) is 0 Å². The van der Waals surface area contributed by atoms with E-state index in [9.17, 15) is 23.3 Å². The van der Waals surface area contributed by atoms with Crippen molar-refractivity contribution in [2.24, 2.45) is 0 Å². The zero-order chi connectivity index (χ0) is 19.0. The SMILES string of the molecule is O=C(C=Cc1cccc([N+](=O)[O-])c1)OCCCS(=O)(=O)c1ccccc1. The van der Waals surface area contributed by atoms with Crippen LogP contribution in [-0.4, -0.2) is 31.7 Å². The average molecular weight is 375 g/mol. The summed E-state index contributed by atoms with van der Waals surface area (Å²) in [6.45, 7) is -0.0375. The number of non-ortho nitro benzene ring substituents is 1. The molecule has 2 aromatic rings. The Bertz CT molecular complexity index is 906. The van der Waals surface area contributed by atoms with Gasteiger partial charge in [-0.05, 0) is 30.2 Å². The van der Waals surface area contributed by atoms with E-state index in [2.05, 4.69) is 0 Å². The molecule has 2 aromatic carbocycles. The second-order valence-corrected chi connectivity index (χ2v) is 7.45. The molecule has 8 heteroatoms. The van der Waals surface area contributed by atoms with E-state index in [4.69, 9.17) is 4.74 Å². The van der Waals surface area contributed by atoms with E-state index < -0.39 is 20.7 Å². The van der Waals surface area contributed by atoms with Gasteiger partial charge >= 0.3 is 5.97 Å². The summed E-state index contributed by atoms with van der Waals surface area (Å²) in [4.78, 5) is 22.0. The van der Waals surface area contributed by atoms with E-state index in [1.54, 1.807) is 24.3 Å².